The monoisotopic (exact) mass is 277 g/mol. The second kappa shape index (κ2) is 4.98. The highest BCUT2D eigenvalue weighted by Gasteiger charge is 2.43. The third-order valence-electron chi connectivity index (χ3n) is 4.50. The van der Waals surface area contributed by atoms with Crippen molar-refractivity contribution in [3.63, 3.8) is 0 Å². The highest BCUT2D eigenvalue weighted by Crippen LogP contribution is 2.43. The molecule has 1 atom stereocenters. The minimum Gasteiger partial charge on any atom is -0.508 e. The third kappa shape index (κ3) is 2.45. The van der Waals surface area contributed by atoms with Crippen LogP contribution in [0.4, 0.5) is 4.79 Å². The van der Waals surface area contributed by atoms with Gasteiger partial charge < -0.3 is 19.8 Å². The maximum absolute atomic E-state index is 10.9. The van der Waals surface area contributed by atoms with E-state index in [4.69, 9.17) is 9.84 Å². The molecule has 3 rings (SSSR count). The van der Waals surface area contributed by atoms with E-state index in [0.29, 0.717) is 25.6 Å². The molecule has 0 unspecified atom stereocenters. The first kappa shape index (κ1) is 13.2. The molecule has 2 fully saturated rings. The van der Waals surface area contributed by atoms with Crippen molar-refractivity contribution in [3.8, 4) is 5.75 Å². The van der Waals surface area contributed by atoms with Crippen LogP contribution in [-0.2, 0) is 4.74 Å². The number of ether oxygens (including phenoxy) is 1. The summed E-state index contributed by atoms with van der Waals surface area (Å²) in [5.41, 5.74) is 0.921. The molecule has 0 bridgehead atoms. The normalized spacial score (nSPS) is 25.0. The van der Waals surface area contributed by atoms with Gasteiger partial charge in [-0.05, 0) is 37.0 Å². The molecule has 5 nitrogen and oxygen atoms in total. The SMILES string of the molecule is O=C(O)N1CCC2(CC1)C[C@@H](c1cccc(O)c1)CO2. The molecule has 2 N–H and O–H groups in total. The number of likely N-dealkylation sites (tertiary alicyclic amines) is 1. The number of piperidine rings is 1. The smallest absolute Gasteiger partial charge is 0.407 e. The summed E-state index contributed by atoms with van der Waals surface area (Å²) in [4.78, 5) is 12.4. The molecule has 1 amide bonds. The van der Waals surface area contributed by atoms with Crippen molar-refractivity contribution >= 4 is 6.09 Å². The van der Waals surface area contributed by atoms with Crippen molar-refractivity contribution in [2.45, 2.75) is 30.8 Å². The van der Waals surface area contributed by atoms with E-state index in [1.54, 1.807) is 12.1 Å². The van der Waals surface area contributed by atoms with Crippen LogP contribution in [0.25, 0.3) is 0 Å². The first-order chi connectivity index (χ1) is 9.58. The second-order valence-electron chi connectivity index (χ2n) is 5.76. The number of nitrogens with zero attached hydrogens (tertiary/aromatic N) is 1. The van der Waals surface area contributed by atoms with Crippen LogP contribution < -0.4 is 0 Å². The van der Waals surface area contributed by atoms with E-state index in [1.807, 2.05) is 12.1 Å². The molecule has 1 aromatic carbocycles. The molecule has 0 aromatic heterocycles. The van der Waals surface area contributed by atoms with Gasteiger partial charge in [0.2, 0.25) is 0 Å². The van der Waals surface area contributed by atoms with E-state index in [9.17, 15) is 9.90 Å². The van der Waals surface area contributed by atoms with E-state index in [-0.39, 0.29) is 11.4 Å². The number of phenolic OH excluding ortho intramolecular Hbond substituents is 1. The average molecular weight is 277 g/mol. The summed E-state index contributed by atoms with van der Waals surface area (Å²) in [5, 5.41) is 18.5. The maximum Gasteiger partial charge on any atom is 0.407 e. The Morgan fingerprint density at radius 2 is 2.10 bits per heavy atom. The van der Waals surface area contributed by atoms with Crippen molar-refractivity contribution in [1.82, 2.24) is 4.90 Å². The summed E-state index contributed by atoms with van der Waals surface area (Å²) < 4.78 is 6.02. The van der Waals surface area contributed by atoms with Gasteiger partial charge in [0.15, 0.2) is 0 Å². The Morgan fingerprint density at radius 3 is 2.75 bits per heavy atom. The van der Waals surface area contributed by atoms with Crippen molar-refractivity contribution in [2.75, 3.05) is 19.7 Å². The van der Waals surface area contributed by atoms with Gasteiger partial charge in [-0.2, -0.15) is 0 Å². The predicted octanol–water partition coefficient (Wildman–Crippen LogP) is 2.41. The summed E-state index contributed by atoms with van der Waals surface area (Å²) in [7, 11) is 0. The lowest BCUT2D eigenvalue weighted by Crippen LogP contribution is -2.45. The molecular weight excluding hydrogens is 258 g/mol. The van der Waals surface area contributed by atoms with E-state index in [0.717, 1.165) is 24.8 Å². The van der Waals surface area contributed by atoms with Gasteiger partial charge in [0.1, 0.15) is 5.75 Å². The minimum absolute atomic E-state index is 0.178. The van der Waals surface area contributed by atoms with Crippen LogP contribution in [0.15, 0.2) is 24.3 Å². The first-order valence-corrected chi connectivity index (χ1v) is 6.99. The van der Waals surface area contributed by atoms with Crippen LogP contribution in [-0.4, -0.2) is 46.5 Å². The Morgan fingerprint density at radius 1 is 1.35 bits per heavy atom. The largest absolute Gasteiger partial charge is 0.508 e. The Kier molecular flexibility index (Phi) is 3.30. The van der Waals surface area contributed by atoms with Crippen LogP contribution in [0.1, 0.15) is 30.7 Å². The van der Waals surface area contributed by atoms with Crippen molar-refractivity contribution in [3.05, 3.63) is 29.8 Å². The Labute approximate surface area is 117 Å². The fourth-order valence-corrected chi connectivity index (χ4v) is 3.29. The van der Waals surface area contributed by atoms with Gasteiger partial charge >= 0.3 is 6.09 Å². The summed E-state index contributed by atoms with van der Waals surface area (Å²) in [5.74, 6) is 0.572. The van der Waals surface area contributed by atoms with E-state index in [2.05, 4.69) is 0 Å². The van der Waals surface area contributed by atoms with Crippen LogP contribution in [0.5, 0.6) is 5.75 Å². The van der Waals surface area contributed by atoms with Crippen molar-refractivity contribution in [2.24, 2.45) is 0 Å². The molecule has 2 aliphatic rings. The quantitative estimate of drug-likeness (QED) is 0.827. The van der Waals surface area contributed by atoms with E-state index >= 15 is 0 Å². The molecular formula is C15H19NO4. The molecule has 0 radical (unpaired) electrons. The van der Waals surface area contributed by atoms with Gasteiger partial charge in [0, 0.05) is 19.0 Å². The summed E-state index contributed by atoms with van der Waals surface area (Å²) >= 11 is 0. The average Bonchev–Trinajstić information content (AvgIpc) is 2.83. The number of aromatic hydroxyl groups is 1. The number of carbonyl (C=O) groups is 1. The number of hydrogen-bond donors (Lipinski definition) is 2. The molecule has 0 saturated carbocycles. The molecule has 20 heavy (non-hydrogen) atoms. The predicted molar refractivity (Wildman–Crippen MR) is 73.0 cm³/mol. The maximum atomic E-state index is 10.9. The first-order valence-electron chi connectivity index (χ1n) is 6.99. The number of benzene rings is 1. The lowest BCUT2D eigenvalue weighted by Gasteiger charge is -2.37. The molecule has 2 aliphatic heterocycles. The second-order valence-corrected chi connectivity index (χ2v) is 5.76. The highest BCUT2D eigenvalue weighted by molar-refractivity contribution is 5.65. The van der Waals surface area contributed by atoms with Crippen molar-refractivity contribution in [1.29, 1.82) is 0 Å². The zero-order valence-corrected chi connectivity index (χ0v) is 11.3. The number of rotatable bonds is 1. The number of hydrogen-bond acceptors (Lipinski definition) is 3. The minimum atomic E-state index is -0.845. The summed E-state index contributed by atoms with van der Waals surface area (Å²) in [6.07, 6.45) is 1.58. The van der Waals surface area contributed by atoms with Crippen molar-refractivity contribution < 1.29 is 19.7 Å². The zero-order chi connectivity index (χ0) is 14.2. The van der Waals surface area contributed by atoms with Gasteiger partial charge in [-0.25, -0.2) is 4.79 Å². The Balaban J connectivity index is 1.67. The van der Waals surface area contributed by atoms with Gasteiger partial charge in [-0.3, -0.25) is 0 Å². The Bertz CT molecular complexity index is 508. The standard InChI is InChI=1S/C15H19NO4/c17-13-3-1-2-11(8-13)12-9-15(20-10-12)4-6-16(7-5-15)14(18)19/h1-3,8,12,17H,4-7,9-10H2,(H,18,19)/t12-/m1/s1. The summed E-state index contributed by atoms with van der Waals surface area (Å²) in [6, 6.07) is 7.32. The number of carboxylic acid groups (broad SMARTS) is 1. The molecule has 1 spiro atoms. The lowest BCUT2D eigenvalue weighted by atomic mass is 9.83. The van der Waals surface area contributed by atoms with E-state index < -0.39 is 6.09 Å². The number of phenols is 1. The molecule has 108 valence electrons. The number of amides is 1. The van der Waals surface area contributed by atoms with Gasteiger partial charge in [-0.15, -0.1) is 0 Å². The zero-order valence-electron chi connectivity index (χ0n) is 11.3. The van der Waals surface area contributed by atoms with Gasteiger partial charge in [0.05, 0.1) is 12.2 Å². The fraction of sp³-hybridized carbons (Fsp3) is 0.533. The Hall–Kier alpha value is -1.75. The molecule has 5 heteroatoms. The van der Waals surface area contributed by atoms with Crippen LogP contribution in [0.2, 0.25) is 0 Å². The highest BCUT2D eigenvalue weighted by atomic mass is 16.5. The third-order valence-corrected chi connectivity index (χ3v) is 4.50. The molecule has 0 aliphatic carbocycles. The summed E-state index contributed by atoms with van der Waals surface area (Å²) in [6.45, 7) is 1.74. The lowest BCUT2D eigenvalue weighted by molar-refractivity contribution is -0.0394. The van der Waals surface area contributed by atoms with E-state index in [1.165, 1.54) is 4.90 Å². The van der Waals surface area contributed by atoms with Crippen LogP contribution in [0, 0.1) is 0 Å². The fourth-order valence-electron chi connectivity index (χ4n) is 3.29. The van der Waals surface area contributed by atoms with Crippen LogP contribution in [0.3, 0.4) is 0 Å². The van der Waals surface area contributed by atoms with Gasteiger partial charge in [0.25, 0.3) is 0 Å². The molecule has 2 heterocycles. The molecule has 1 aromatic rings. The molecule has 2 saturated heterocycles. The van der Waals surface area contributed by atoms with Crippen LogP contribution >= 0.6 is 0 Å². The topological polar surface area (TPSA) is 70.0 Å². The van der Waals surface area contributed by atoms with Gasteiger partial charge in [-0.1, -0.05) is 12.1 Å².